The lowest BCUT2D eigenvalue weighted by molar-refractivity contribution is -0.122. The van der Waals surface area contributed by atoms with Gasteiger partial charge in [-0.15, -0.1) is 0 Å². The molecular weight excluding hydrogens is 306 g/mol. The van der Waals surface area contributed by atoms with Crippen molar-refractivity contribution in [1.82, 2.24) is 15.5 Å². The van der Waals surface area contributed by atoms with Crippen LogP contribution in [0.25, 0.3) is 0 Å². The zero-order chi connectivity index (χ0) is 18.3. The number of alkyl carbamates (subject to hydrolysis) is 1. The van der Waals surface area contributed by atoms with Crippen LogP contribution in [-0.2, 0) is 22.6 Å². The zero-order valence-electron chi connectivity index (χ0n) is 15.5. The molecule has 24 heavy (non-hydrogen) atoms. The van der Waals surface area contributed by atoms with Gasteiger partial charge in [-0.05, 0) is 52.9 Å². The fourth-order valence-corrected chi connectivity index (χ4v) is 2.11. The molecule has 0 unspecified atom stereocenters. The average molecular weight is 335 g/mol. The van der Waals surface area contributed by atoms with Gasteiger partial charge in [0.15, 0.2) is 0 Å². The van der Waals surface area contributed by atoms with E-state index in [4.69, 9.17) is 4.74 Å². The molecule has 6 heteroatoms. The van der Waals surface area contributed by atoms with Gasteiger partial charge >= 0.3 is 6.09 Å². The van der Waals surface area contributed by atoms with Crippen LogP contribution in [0.15, 0.2) is 24.3 Å². The van der Waals surface area contributed by atoms with Gasteiger partial charge < -0.3 is 20.3 Å². The summed E-state index contributed by atoms with van der Waals surface area (Å²) in [5, 5.41) is 5.39. The summed E-state index contributed by atoms with van der Waals surface area (Å²) in [6.07, 6.45) is -0.599. The maximum absolute atomic E-state index is 12.2. The Hall–Kier alpha value is -2.08. The quantitative estimate of drug-likeness (QED) is 0.837. The van der Waals surface area contributed by atoms with Gasteiger partial charge in [0.2, 0.25) is 5.91 Å². The third-order valence-electron chi connectivity index (χ3n) is 3.18. The van der Waals surface area contributed by atoms with Crippen LogP contribution in [0.4, 0.5) is 4.79 Å². The van der Waals surface area contributed by atoms with E-state index in [1.165, 1.54) is 0 Å². The topological polar surface area (TPSA) is 70.7 Å². The number of nitrogens with one attached hydrogen (secondary N) is 2. The highest BCUT2D eigenvalue weighted by Crippen LogP contribution is 2.10. The van der Waals surface area contributed by atoms with Crippen molar-refractivity contribution < 1.29 is 14.3 Å². The Morgan fingerprint density at radius 1 is 1.17 bits per heavy atom. The summed E-state index contributed by atoms with van der Waals surface area (Å²) < 4.78 is 5.15. The molecule has 0 aliphatic carbocycles. The highest BCUT2D eigenvalue weighted by atomic mass is 16.6. The minimum atomic E-state index is -0.666. The van der Waals surface area contributed by atoms with Crippen molar-refractivity contribution in [3.05, 3.63) is 35.4 Å². The predicted octanol–water partition coefficient (Wildman–Crippen LogP) is 2.28. The molecule has 0 aliphatic heterocycles. The maximum atomic E-state index is 12.2. The third kappa shape index (κ3) is 7.46. The standard InChI is InChI=1S/C18H29N3O3/c1-13(20-17(23)24-18(2,3)4)16(22)19-11-14-9-7-8-10-15(14)12-21(5)6/h7-10,13H,11-12H2,1-6H3,(H,19,22)(H,20,23)/t13-/m1/s1. The third-order valence-corrected chi connectivity index (χ3v) is 3.18. The van der Waals surface area contributed by atoms with Gasteiger partial charge in [-0.3, -0.25) is 4.79 Å². The number of carbonyl (C=O) groups is 2. The van der Waals surface area contributed by atoms with Crippen LogP contribution in [0, 0.1) is 0 Å². The monoisotopic (exact) mass is 335 g/mol. The predicted molar refractivity (Wildman–Crippen MR) is 94.5 cm³/mol. The second kappa shape index (κ2) is 8.68. The number of benzene rings is 1. The summed E-state index contributed by atoms with van der Waals surface area (Å²) in [6, 6.07) is 7.30. The summed E-state index contributed by atoms with van der Waals surface area (Å²) in [6.45, 7) is 8.18. The Morgan fingerprint density at radius 2 is 1.75 bits per heavy atom. The summed E-state index contributed by atoms with van der Waals surface area (Å²) >= 11 is 0. The molecule has 0 saturated carbocycles. The molecule has 134 valence electrons. The molecule has 1 aromatic rings. The SMILES string of the molecule is C[C@@H](NC(=O)OC(C)(C)C)C(=O)NCc1ccccc1CN(C)C. The van der Waals surface area contributed by atoms with Gasteiger partial charge in [-0.25, -0.2) is 4.79 Å². The van der Waals surface area contributed by atoms with Gasteiger partial charge in [0.1, 0.15) is 11.6 Å². The van der Waals surface area contributed by atoms with Gasteiger partial charge in [0.05, 0.1) is 0 Å². The zero-order valence-corrected chi connectivity index (χ0v) is 15.5. The molecule has 2 amide bonds. The van der Waals surface area contributed by atoms with E-state index in [0.29, 0.717) is 6.54 Å². The number of amides is 2. The number of rotatable bonds is 6. The van der Waals surface area contributed by atoms with Crippen molar-refractivity contribution in [2.75, 3.05) is 14.1 Å². The second-order valence-corrected chi connectivity index (χ2v) is 7.09. The Kier molecular flexibility index (Phi) is 7.22. The van der Waals surface area contributed by atoms with E-state index in [1.54, 1.807) is 27.7 Å². The number of hydrogen-bond donors (Lipinski definition) is 2. The lowest BCUT2D eigenvalue weighted by Gasteiger charge is -2.22. The first kappa shape index (κ1) is 20.0. The normalized spacial score (nSPS) is 12.6. The average Bonchev–Trinajstić information content (AvgIpc) is 2.43. The Balaban J connectivity index is 2.55. The second-order valence-electron chi connectivity index (χ2n) is 7.09. The van der Waals surface area contributed by atoms with Crippen LogP contribution in [0.1, 0.15) is 38.8 Å². The highest BCUT2D eigenvalue weighted by Gasteiger charge is 2.20. The first-order valence-electron chi connectivity index (χ1n) is 8.07. The summed E-state index contributed by atoms with van der Waals surface area (Å²) in [5.74, 6) is -0.250. The van der Waals surface area contributed by atoms with E-state index < -0.39 is 17.7 Å². The van der Waals surface area contributed by atoms with Crippen molar-refractivity contribution in [1.29, 1.82) is 0 Å². The van der Waals surface area contributed by atoms with Gasteiger partial charge in [-0.2, -0.15) is 0 Å². The van der Waals surface area contributed by atoms with Crippen LogP contribution in [0.3, 0.4) is 0 Å². The fraction of sp³-hybridized carbons (Fsp3) is 0.556. The van der Waals surface area contributed by atoms with Crippen LogP contribution >= 0.6 is 0 Å². The maximum Gasteiger partial charge on any atom is 0.408 e. The summed E-state index contributed by atoms with van der Waals surface area (Å²) in [4.78, 5) is 25.9. The smallest absolute Gasteiger partial charge is 0.408 e. The van der Waals surface area contributed by atoms with E-state index in [-0.39, 0.29) is 5.91 Å². The lowest BCUT2D eigenvalue weighted by Crippen LogP contribution is -2.46. The first-order chi connectivity index (χ1) is 11.1. The molecule has 0 aromatic heterocycles. The molecule has 1 rings (SSSR count). The van der Waals surface area contributed by atoms with Crippen molar-refractivity contribution in [3.63, 3.8) is 0 Å². The van der Waals surface area contributed by atoms with E-state index in [1.807, 2.05) is 38.4 Å². The van der Waals surface area contributed by atoms with Crippen molar-refractivity contribution in [2.45, 2.75) is 52.4 Å². The molecule has 0 bridgehead atoms. The molecule has 0 saturated heterocycles. The van der Waals surface area contributed by atoms with E-state index in [9.17, 15) is 9.59 Å². The number of nitrogens with zero attached hydrogens (tertiary/aromatic N) is 1. The van der Waals surface area contributed by atoms with E-state index in [2.05, 4.69) is 15.5 Å². The largest absolute Gasteiger partial charge is 0.444 e. The summed E-state index contributed by atoms with van der Waals surface area (Å²) in [7, 11) is 4.00. The van der Waals surface area contributed by atoms with E-state index in [0.717, 1.165) is 17.7 Å². The molecule has 0 spiro atoms. The minimum Gasteiger partial charge on any atom is -0.444 e. The fourth-order valence-electron chi connectivity index (χ4n) is 2.11. The first-order valence-corrected chi connectivity index (χ1v) is 8.07. The molecule has 1 atom stereocenters. The molecular formula is C18H29N3O3. The lowest BCUT2D eigenvalue weighted by atomic mass is 10.1. The number of hydrogen-bond acceptors (Lipinski definition) is 4. The Bertz CT molecular complexity index is 565. The Labute approximate surface area is 144 Å². The molecule has 0 heterocycles. The van der Waals surface area contributed by atoms with Crippen LogP contribution in [0.5, 0.6) is 0 Å². The molecule has 6 nitrogen and oxygen atoms in total. The number of ether oxygens (including phenoxy) is 1. The van der Waals surface area contributed by atoms with Crippen LogP contribution in [0.2, 0.25) is 0 Å². The Morgan fingerprint density at radius 3 is 2.29 bits per heavy atom. The van der Waals surface area contributed by atoms with E-state index >= 15 is 0 Å². The molecule has 0 radical (unpaired) electrons. The minimum absolute atomic E-state index is 0.250. The van der Waals surface area contributed by atoms with Gasteiger partial charge in [-0.1, -0.05) is 24.3 Å². The highest BCUT2D eigenvalue weighted by molar-refractivity contribution is 5.85. The summed E-state index contributed by atoms with van der Waals surface area (Å²) in [5.41, 5.74) is 1.63. The molecule has 0 aliphatic rings. The number of carbonyl (C=O) groups excluding carboxylic acids is 2. The molecule has 2 N–H and O–H groups in total. The van der Waals surface area contributed by atoms with Crippen molar-refractivity contribution >= 4 is 12.0 Å². The van der Waals surface area contributed by atoms with Gasteiger partial charge in [0.25, 0.3) is 0 Å². The van der Waals surface area contributed by atoms with Crippen molar-refractivity contribution in [2.24, 2.45) is 0 Å². The van der Waals surface area contributed by atoms with Crippen molar-refractivity contribution in [3.8, 4) is 0 Å². The van der Waals surface area contributed by atoms with Crippen LogP contribution < -0.4 is 10.6 Å². The molecule has 1 aromatic carbocycles. The van der Waals surface area contributed by atoms with Gasteiger partial charge in [0, 0.05) is 13.1 Å². The van der Waals surface area contributed by atoms with Crippen LogP contribution in [-0.4, -0.2) is 42.6 Å². The molecule has 0 fully saturated rings.